The molecule has 7 heteroatoms. The Kier molecular flexibility index (Phi) is 2.74. The van der Waals surface area contributed by atoms with Crippen LogP contribution in [0.15, 0.2) is 57.9 Å². The summed E-state index contributed by atoms with van der Waals surface area (Å²) in [5, 5.41) is 6.74. The quantitative estimate of drug-likeness (QED) is 0.467. The Bertz CT molecular complexity index is 1100. The zero-order valence-electron chi connectivity index (χ0n) is 11.7. The summed E-state index contributed by atoms with van der Waals surface area (Å²) >= 11 is 5.08. The first kappa shape index (κ1) is 13.1. The van der Waals surface area contributed by atoms with Gasteiger partial charge in [-0.15, -0.1) is 0 Å². The highest BCUT2D eigenvalue weighted by Crippen LogP contribution is 2.34. The minimum atomic E-state index is 0.750. The second kappa shape index (κ2) is 4.81. The van der Waals surface area contributed by atoms with Crippen LogP contribution in [0.5, 0.6) is 0 Å². The van der Waals surface area contributed by atoms with E-state index >= 15 is 0 Å². The summed E-state index contributed by atoms with van der Waals surface area (Å²) in [6.45, 7) is 0. The lowest BCUT2D eigenvalue weighted by molar-refractivity contribution is 0.580. The van der Waals surface area contributed by atoms with Crippen LogP contribution in [0.2, 0.25) is 0 Å². The van der Waals surface area contributed by atoms with Crippen molar-refractivity contribution in [2.75, 3.05) is 0 Å². The fourth-order valence-corrected chi connectivity index (χ4v) is 3.89. The van der Waals surface area contributed by atoms with Gasteiger partial charge in [-0.3, -0.25) is 0 Å². The molecule has 0 radical (unpaired) electrons. The van der Waals surface area contributed by atoms with Gasteiger partial charge in [0.25, 0.3) is 0 Å². The SMILES string of the molecule is Brc1ccc2[nH]cc(-c3nn4cc(-c5ccco5)nc4s3)c2c1. The molecule has 0 saturated carbocycles. The van der Waals surface area contributed by atoms with Gasteiger partial charge in [-0.1, -0.05) is 27.3 Å². The van der Waals surface area contributed by atoms with E-state index in [-0.39, 0.29) is 0 Å². The van der Waals surface area contributed by atoms with E-state index in [4.69, 9.17) is 4.42 Å². The Balaban J connectivity index is 1.65. The normalized spacial score (nSPS) is 11.7. The highest BCUT2D eigenvalue weighted by atomic mass is 79.9. The zero-order valence-corrected chi connectivity index (χ0v) is 14.1. The molecule has 1 aromatic carbocycles. The maximum atomic E-state index is 5.38. The number of halogens is 1. The van der Waals surface area contributed by atoms with Crippen molar-refractivity contribution in [3.8, 4) is 22.0 Å². The van der Waals surface area contributed by atoms with E-state index in [0.717, 1.165) is 42.4 Å². The highest BCUT2D eigenvalue weighted by molar-refractivity contribution is 9.10. The van der Waals surface area contributed by atoms with Crippen LogP contribution in [0, 0.1) is 0 Å². The molecule has 5 aromatic rings. The molecule has 0 aliphatic carbocycles. The van der Waals surface area contributed by atoms with Crippen LogP contribution in [-0.4, -0.2) is 19.6 Å². The number of nitrogens with one attached hydrogen (secondary N) is 1. The van der Waals surface area contributed by atoms with Crippen LogP contribution in [0.1, 0.15) is 0 Å². The first-order valence-electron chi connectivity index (χ1n) is 6.95. The lowest BCUT2D eigenvalue weighted by Crippen LogP contribution is -1.81. The molecular weight excluding hydrogens is 376 g/mol. The van der Waals surface area contributed by atoms with Gasteiger partial charge in [-0.05, 0) is 30.3 Å². The van der Waals surface area contributed by atoms with Crippen molar-refractivity contribution >= 4 is 43.1 Å². The van der Waals surface area contributed by atoms with E-state index in [9.17, 15) is 0 Å². The van der Waals surface area contributed by atoms with Gasteiger partial charge >= 0.3 is 0 Å². The summed E-state index contributed by atoms with van der Waals surface area (Å²) in [5.41, 5.74) is 2.96. The molecular formula is C16H9BrN4OS. The summed E-state index contributed by atoms with van der Waals surface area (Å²) < 4.78 is 8.23. The molecule has 0 aliphatic rings. The van der Waals surface area contributed by atoms with Crippen molar-refractivity contribution in [1.29, 1.82) is 0 Å². The minimum Gasteiger partial charge on any atom is -0.463 e. The van der Waals surface area contributed by atoms with Gasteiger partial charge < -0.3 is 9.40 Å². The molecule has 4 aromatic heterocycles. The summed E-state index contributed by atoms with van der Waals surface area (Å²) in [6.07, 6.45) is 5.52. The number of aromatic nitrogens is 4. The van der Waals surface area contributed by atoms with Gasteiger partial charge in [0.2, 0.25) is 4.96 Å². The van der Waals surface area contributed by atoms with Crippen molar-refractivity contribution in [3.63, 3.8) is 0 Å². The third-order valence-electron chi connectivity index (χ3n) is 3.69. The fraction of sp³-hybridized carbons (Fsp3) is 0. The Hall–Kier alpha value is -2.38. The number of hydrogen-bond donors (Lipinski definition) is 1. The number of benzene rings is 1. The molecule has 0 amide bonds. The molecule has 112 valence electrons. The number of rotatable bonds is 2. The van der Waals surface area contributed by atoms with Crippen molar-refractivity contribution in [2.24, 2.45) is 0 Å². The number of aromatic amines is 1. The Labute approximate surface area is 142 Å². The van der Waals surface area contributed by atoms with Gasteiger partial charge in [0.15, 0.2) is 5.76 Å². The molecule has 0 saturated heterocycles. The maximum Gasteiger partial charge on any atom is 0.213 e. The molecule has 0 atom stereocenters. The first-order valence-corrected chi connectivity index (χ1v) is 8.56. The van der Waals surface area contributed by atoms with Crippen molar-refractivity contribution < 1.29 is 4.42 Å². The van der Waals surface area contributed by atoms with Gasteiger partial charge in [-0.25, -0.2) is 9.50 Å². The lowest BCUT2D eigenvalue weighted by atomic mass is 10.2. The van der Waals surface area contributed by atoms with Crippen LogP contribution >= 0.6 is 27.3 Å². The third-order valence-corrected chi connectivity index (χ3v) is 5.14. The minimum absolute atomic E-state index is 0.750. The van der Waals surface area contributed by atoms with Gasteiger partial charge in [0, 0.05) is 27.1 Å². The molecule has 0 aliphatic heterocycles. The number of fused-ring (bicyclic) bond motifs is 2. The van der Waals surface area contributed by atoms with Gasteiger partial charge in [0.05, 0.1) is 12.5 Å². The van der Waals surface area contributed by atoms with Crippen LogP contribution in [-0.2, 0) is 0 Å². The molecule has 0 fully saturated rings. The predicted molar refractivity (Wildman–Crippen MR) is 93.6 cm³/mol. The Morgan fingerprint density at radius 2 is 2.22 bits per heavy atom. The van der Waals surface area contributed by atoms with Crippen molar-refractivity contribution in [3.05, 3.63) is 53.5 Å². The monoisotopic (exact) mass is 384 g/mol. The van der Waals surface area contributed by atoms with Crippen LogP contribution < -0.4 is 0 Å². The molecule has 5 rings (SSSR count). The summed E-state index contributed by atoms with van der Waals surface area (Å²) in [6, 6.07) is 9.92. The summed E-state index contributed by atoms with van der Waals surface area (Å²) in [4.78, 5) is 8.72. The third kappa shape index (κ3) is 2.04. The second-order valence-corrected chi connectivity index (χ2v) is 7.00. The highest BCUT2D eigenvalue weighted by Gasteiger charge is 2.15. The number of H-pyrrole nitrogens is 1. The molecule has 5 nitrogen and oxygen atoms in total. The van der Waals surface area contributed by atoms with Gasteiger partial charge in [-0.2, -0.15) is 5.10 Å². The molecule has 4 heterocycles. The zero-order chi connectivity index (χ0) is 15.4. The Morgan fingerprint density at radius 3 is 3.04 bits per heavy atom. The second-order valence-electron chi connectivity index (χ2n) is 5.13. The standard InChI is InChI=1S/C16H9BrN4OS/c17-9-3-4-12-10(6-9)11(7-18-12)15-20-21-8-13(19-16(21)23-15)14-2-1-5-22-14/h1-8,18H. The molecule has 0 bridgehead atoms. The van der Waals surface area contributed by atoms with E-state index in [1.54, 1.807) is 22.1 Å². The Morgan fingerprint density at radius 1 is 1.26 bits per heavy atom. The summed E-state index contributed by atoms with van der Waals surface area (Å²) in [7, 11) is 0. The first-order chi connectivity index (χ1) is 11.3. The smallest absolute Gasteiger partial charge is 0.213 e. The fourth-order valence-electron chi connectivity index (χ4n) is 2.62. The number of hydrogen-bond acceptors (Lipinski definition) is 4. The number of nitrogens with zero attached hydrogens (tertiary/aromatic N) is 3. The van der Waals surface area contributed by atoms with Gasteiger partial charge in [0.1, 0.15) is 10.7 Å². The van der Waals surface area contributed by atoms with Crippen molar-refractivity contribution in [1.82, 2.24) is 19.6 Å². The predicted octanol–water partition coefficient (Wildman–Crippen LogP) is 4.96. The van der Waals surface area contributed by atoms with Crippen LogP contribution in [0.4, 0.5) is 0 Å². The molecule has 1 N–H and O–H groups in total. The lowest BCUT2D eigenvalue weighted by Gasteiger charge is -1.94. The summed E-state index contributed by atoms with van der Waals surface area (Å²) in [5.74, 6) is 0.750. The topological polar surface area (TPSA) is 59.1 Å². The van der Waals surface area contributed by atoms with Crippen molar-refractivity contribution in [2.45, 2.75) is 0 Å². The van der Waals surface area contributed by atoms with E-state index in [0.29, 0.717) is 0 Å². The molecule has 23 heavy (non-hydrogen) atoms. The largest absolute Gasteiger partial charge is 0.463 e. The van der Waals surface area contributed by atoms with E-state index in [2.05, 4.69) is 43.1 Å². The average Bonchev–Trinajstić information content (AvgIpc) is 3.28. The number of furan rings is 1. The molecule has 0 unspecified atom stereocenters. The average molecular weight is 385 g/mol. The van der Waals surface area contributed by atoms with Crippen LogP contribution in [0.3, 0.4) is 0 Å². The maximum absolute atomic E-state index is 5.38. The number of imidazole rings is 1. The van der Waals surface area contributed by atoms with E-state index < -0.39 is 0 Å². The van der Waals surface area contributed by atoms with E-state index in [1.807, 2.05) is 30.6 Å². The van der Waals surface area contributed by atoms with Crippen LogP contribution in [0.25, 0.3) is 37.9 Å². The molecule has 0 spiro atoms. The van der Waals surface area contributed by atoms with E-state index in [1.165, 1.54) is 0 Å².